The molecule has 0 aliphatic heterocycles. The SMILES string of the molecule is C#CCC(N)c1ccoc1CC. The fraction of sp³-hybridized carbons (Fsp3) is 0.400. The van der Waals surface area contributed by atoms with Gasteiger partial charge in [-0.3, -0.25) is 0 Å². The summed E-state index contributed by atoms with van der Waals surface area (Å²) < 4.78 is 5.23. The van der Waals surface area contributed by atoms with Crippen LogP contribution in [-0.4, -0.2) is 0 Å². The molecule has 2 N–H and O–H groups in total. The molecule has 64 valence electrons. The highest BCUT2D eigenvalue weighted by atomic mass is 16.3. The van der Waals surface area contributed by atoms with Crippen molar-refractivity contribution in [2.24, 2.45) is 5.73 Å². The minimum Gasteiger partial charge on any atom is -0.469 e. The summed E-state index contributed by atoms with van der Waals surface area (Å²) in [6, 6.07) is 1.81. The average Bonchev–Trinajstić information content (AvgIpc) is 2.51. The van der Waals surface area contributed by atoms with E-state index in [2.05, 4.69) is 5.92 Å². The average molecular weight is 163 g/mol. The third-order valence-electron chi connectivity index (χ3n) is 1.84. The first-order valence-electron chi connectivity index (χ1n) is 4.04. The van der Waals surface area contributed by atoms with Crippen LogP contribution >= 0.6 is 0 Å². The van der Waals surface area contributed by atoms with E-state index in [9.17, 15) is 0 Å². The molecule has 0 bridgehead atoms. The van der Waals surface area contributed by atoms with Crippen LogP contribution < -0.4 is 5.73 Å². The van der Waals surface area contributed by atoms with Crippen LogP contribution in [0.1, 0.15) is 30.7 Å². The van der Waals surface area contributed by atoms with Gasteiger partial charge in [0.15, 0.2) is 0 Å². The van der Waals surface area contributed by atoms with Crippen molar-refractivity contribution in [3.63, 3.8) is 0 Å². The van der Waals surface area contributed by atoms with Gasteiger partial charge in [0.05, 0.1) is 6.26 Å². The van der Waals surface area contributed by atoms with Gasteiger partial charge in [0, 0.05) is 24.4 Å². The zero-order chi connectivity index (χ0) is 8.97. The maximum Gasteiger partial charge on any atom is 0.108 e. The molecule has 1 aromatic rings. The van der Waals surface area contributed by atoms with E-state index < -0.39 is 0 Å². The zero-order valence-electron chi connectivity index (χ0n) is 7.21. The lowest BCUT2D eigenvalue weighted by atomic mass is 10.1. The molecule has 0 spiro atoms. The van der Waals surface area contributed by atoms with Gasteiger partial charge in [-0.2, -0.15) is 0 Å². The lowest BCUT2D eigenvalue weighted by Crippen LogP contribution is -2.09. The van der Waals surface area contributed by atoms with Crippen LogP contribution in [0.5, 0.6) is 0 Å². The van der Waals surface area contributed by atoms with E-state index >= 15 is 0 Å². The van der Waals surface area contributed by atoms with Crippen LogP contribution in [0.4, 0.5) is 0 Å². The maximum atomic E-state index is 5.82. The second kappa shape index (κ2) is 3.99. The molecule has 1 atom stereocenters. The Bertz CT molecular complexity index is 282. The van der Waals surface area contributed by atoms with Crippen molar-refractivity contribution in [1.29, 1.82) is 0 Å². The highest BCUT2D eigenvalue weighted by Gasteiger charge is 2.10. The molecular weight excluding hydrogens is 150 g/mol. The van der Waals surface area contributed by atoms with Crippen molar-refractivity contribution in [2.45, 2.75) is 25.8 Å². The quantitative estimate of drug-likeness (QED) is 0.691. The molecule has 0 fully saturated rings. The molecule has 0 aliphatic carbocycles. The minimum absolute atomic E-state index is 0.0799. The molecule has 2 nitrogen and oxygen atoms in total. The van der Waals surface area contributed by atoms with Gasteiger partial charge in [0.25, 0.3) is 0 Å². The molecule has 0 radical (unpaired) electrons. The third-order valence-corrected chi connectivity index (χ3v) is 1.84. The summed E-state index contributed by atoms with van der Waals surface area (Å²) in [7, 11) is 0. The number of furan rings is 1. The third kappa shape index (κ3) is 1.69. The summed E-state index contributed by atoms with van der Waals surface area (Å²) >= 11 is 0. The van der Waals surface area contributed by atoms with Crippen LogP contribution in [0.15, 0.2) is 16.7 Å². The Kier molecular flexibility index (Phi) is 2.95. The predicted molar refractivity (Wildman–Crippen MR) is 48.5 cm³/mol. The van der Waals surface area contributed by atoms with Gasteiger partial charge in [-0.25, -0.2) is 0 Å². The number of nitrogens with two attached hydrogens (primary N) is 1. The highest BCUT2D eigenvalue weighted by Crippen LogP contribution is 2.19. The van der Waals surface area contributed by atoms with Gasteiger partial charge in [0.1, 0.15) is 5.76 Å². The Morgan fingerprint density at radius 1 is 1.75 bits per heavy atom. The van der Waals surface area contributed by atoms with Crippen molar-refractivity contribution < 1.29 is 4.42 Å². The predicted octanol–water partition coefficient (Wildman–Crippen LogP) is 1.87. The molecule has 1 aromatic heterocycles. The van der Waals surface area contributed by atoms with Crippen LogP contribution in [0.2, 0.25) is 0 Å². The largest absolute Gasteiger partial charge is 0.469 e. The molecule has 1 rings (SSSR count). The lowest BCUT2D eigenvalue weighted by Gasteiger charge is -2.06. The summed E-state index contributed by atoms with van der Waals surface area (Å²) in [5, 5.41) is 0. The zero-order valence-corrected chi connectivity index (χ0v) is 7.21. The summed E-state index contributed by atoms with van der Waals surface area (Å²) in [6.45, 7) is 2.03. The molecule has 2 heteroatoms. The Balaban J connectivity index is 2.80. The molecule has 0 aliphatic rings. The Morgan fingerprint density at radius 2 is 2.50 bits per heavy atom. The van der Waals surface area contributed by atoms with Gasteiger partial charge in [-0.1, -0.05) is 6.92 Å². The molecular formula is C10H13NO. The summed E-state index contributed by atoms with van der Waals surface area (Å²) in [5.41, 5.74) is 6.86. The Morgan fingerprint density at radius 3 is 3.08 bits per heavy atom. The van der Waals surface area contributed by atoms with E-state index in [1.807, 2.05) is 13.0 Å². The summed E-state index contributed by atoms with van der Waals surface area (Å²) in [6.07, 6.45) is 8.25. The van der Waals surface area contributed by atoms with Crippen LogP contribution in [0.25, 0.3) is 0 Å². The van der Waals surface area contributed by atoms with Gasteiger partial charge < -0.3 is 10.2 Å². The lowest BCUT2D eigenvalue weighted by molar-refractivity contribution is 0.506. The number of rotatable bonds is 3. The minimum atomic E-state index is -0.0799. The van der Waals surface area contributed by atoms with Crippen molar-refractivity contribution in [3.8, 4) is 12.3 Å². The normalized spacial score (nSPS) is 12.4. The van der Waals surface area contributed by atoms with Crippen LogP contribution in [-0.2, 0) is 6.42 Å². The fourth-order valence-electron chi connectivity index (χ4n) is 1.21. The molecule has 1 heterocycles. The second-order valence-corrected chi connectivity index (χ2v) is 2.67. The first-order chi connectivity index (χ1) is 5.79. The maximum absolute atomic E-state index is 5.82. The van der Waals surface area contributed by atoms with Crippen molar-refractivity contribution >= 4 is 0 Å². The van der Waals surface area contributed by atoms with E-state index in [0.717, 1.165) is 17.7 Å². The van der Waals surface area contributed by atoms with Crippen LogP contribution in [0.3, 0.4) is 0 Å². The monoisotopic (exact) mass is 163 g/mol. The first-order valence-corrected chi connectivity index (χ1v) is 4.04. The molecule has 1 unspecified atom stereocenters. The summed E-state index contributed by atoms with van der Waals surface area (Å²) in [4.78, 5) is 0. The van der Waals surface area contributed by atoms with Gasteiger partial charge in [0.2, 0.25) is 0 Å². The van der Waals surface area contributed by atoms with E-state index in [4.69, 9.17) is 16.6 Å². The van der Waals surface area contributed by atoms with Crippen LogP contribution in [0, 0.1) is 12.3 Å². The molecule has 0 aromatic carbocycles. The number of hydrogen-bond donors (Lipinski definition) is 1. The first kappa shape index (κ1) is 8.89. The second-order valence-electron chi connectivity index (χ2n) is 2.67. The highest BCUT2D eigenvalue weighted by molar-refractivity contribution is 5.22. The van der Waals surface area contributed by atoms with E-state index in [1.54, 1.807) is 6.26 Å². The number of terminal acetylenes is 1. The van der Waals surface area contributed by atoms with Gasteiger partial charge in [-0.05, 0) is 6.07 Å². The number of hydrogen-bond acceptors (Lipinski definition) is 2. The Hall–Kier alpha value is -1.20. The van der Waals surface area contributed by atoms with E-state index in [-0.39, 0.29) is 6.04 Å². The standard InChI is InChI=1S/C10H13NO/c1-3-5-9(11)8-6-7-12-10(8)4-2/h1,6-7,9H,4-5,11H2,2H3. The molecule has 0 saturated heterocycles. The van der Waals surface area contributed by atoms with Crippen molar-refractivity contribution in [2.75, 3.05) is 0 Å². The topological polar surface area (TPSA) is 39.2 Å². The summed E-state index contributed by atoms with van der Waals surface area (Å²) in [5.74, 6) is 3.48. The van der Waals surface area contributed by atoms with Crippen molar-refractivity contribution in [3.05, 3.63) is 23.7 Å². The van der Waals surface area contributed by atoms with Gasteiger partial charge in [-0.15, -0.1) is 12.3 Å². The Labute approximate surface area is 72.8 Å². The fourth-order valence-corrected chi connectivity index (χ4v) is 1.21. The number of aryl methyl sites for hydroxylation is 1. The van der Waals surface area contributed by atoms with Gasteiger partial charge >= 0.3 is 0 Å². The van der Waals surface area contributed by atoms with E-state index in [1.165, 1.54) is 0 Å². The molecule has 0 saturated carbocycles. The smallest absolute Gasteiger partial charge is 0.108 e. The van der Waals surface area contributed by atoms with Crippen molar-refractivity contribution in [1.82, 2.24) is 0 Å². The molecule has 12 heavy (non-hydrogen) atoms. The molecule has 0 amide bonds. The van der Waals surface area contributed by atoms with E-state index in [0.29, 0.717) is 6.42 Å².